The van der Waals surface area contributed by atoms with E-state index in [1.165, 1.54) is 19.3 Å². The number of thiophene rings is 1. The third kappa shape index (κ3) is 9.00. The van der Waals surface area contributed by atoms with Crippen molar-refractivity contribution in [3.63, 3.8) is 0 Å². The number of nitrogens with zero attached hydrogens (tertiary/aromatic N) is 8. The van der Waals surface area contributed by atoms with Crippen LogP contribution in [0.4, 0.5) is 51.0 Å². The number of nitrogens with one attached hydrogen (secondary N) is 2. The van der Waals surface area contributed by atoms with Crippen LogP contribution >= 0.6 is 34.6 Å². The third-order valence-corrected chi connectivity index (χ3v) is 13.9. The van der Waals surface area contributed by atoms with E-state index in [2.05, 4.69) is 62.7 Å². The molecule has 14 nitrogen and oxygen atoms in total. The van der Waals surface area contributed by atoms with Crippen molar-refractivity contribution in [2.45, 2.75) is 81.3 Å². The molecule has 1 aliphatic carbocycles. The second-order valence-electron chi connectivity index (χ2n) is 12.6. The van der Waals surface area contributed by atoms with E-state index in [0.717, 1.165) is 73.3 Å². The van der Waals surface area contributed by atoms with E-state index in [0.29, 0.717) is 65.8 Å². The molecule has 0 saturated heterocycles. The van der Waals surface area contributed by atoms with Gasteiger partial charge >= 0.3 is 10.1 Å². The molecule has 5 N–H and O–H groups in total. The molecule has 1 aliphatic rings. The van der Waals surface area contributed by atoms with Gasteiger partial charge in [0.05, 0.1) is 22.4 Å². The normalized spacial score (nSPS) is 13.9. The minimum Gasteiger partial charge on any atom is -0.397 e. The van der Waals surface area contributed by atoms with Gasteiger partial charge in [0.15, 0.2) is 14.4 Å². The van der Waals surface area contributed by atoms with Crippen LogP contribution in [-0.4, -0.2) is 63.7 Å². The van der Waals surface area contributed by atoms with Gasteiger partial charge in [-0.2, -0.15) is 27.7 Å². The quantitative estimate of drug-likeness (QED) is 0.0446. The van der Waals surface area contributed by atoms with Crippen LogP contribution in [0, 0.1) is 6.92 Å². The van der Waals surface area contributed by atoms with E-state index in [-0.39, 0.29) is 4.21 Å². The van der Waals surface area contributed by atoms with Gasteiger partial charge in [0, 0.05) is 42.8 Å². The number of fused-ring (bicyclic) bond motifs is 1. The summed E-state index contributed by atoms with van der Waals surface area (Å²) in [5.41, 5.74) is 11.3. The zero-order valence-electron chi connectivity index (χ0n) is 30.5. The van der Waals surface area contributed by atoms with Gasteiger partial charge in [-0.15, -0.1) is 10.2 Å². The molecule has 53 heavy (non-hydrogen) atoms. The summed E-state index contributed by atoms with van der Waals surface area (Å²) in [4.78, 5) is 19.5. The van der Waals surface area contributed by atoms with Crippen LogP contribution in [0.1, 0.15) is 65.4 Å². The lowest BCUT2D eigenvalue weighted by atomic mass is 10.0. The summed E-state index contributed by atoms with van der Waals surface area (Å²) in [7, 11) is -4.40. The molecular formula is C35H45N11O3S4. The Hall–Kier alpha value is -4.10. The standard InChI is InChI=1S/C35H45N11O3S4/c1-6-45(7-2)22-15-17-25(36)27(19-22)37-33-39-34(41-35(40-33)50-24-13-11-10-12-14-24)38-28-20-23(46(8-3)9-4)16-18-26(28)42-43-30-29-21(5)32(53(47,48)49)51-31(29)44-52-30/h15-20,24H,6-14,36H2,1-5H3,(H,47,48,49)(H2,37,38,39,40,41). The van der Waals surface area contributed by atoms with Crippen molar-refractivity contribution in [2.75, 3.05) is 52.3 Å². The Balaban J connectivity index is 1.39. The number of azo groups is 1. The smallest absolute Gasteiger partial charge is 0.304 e. The van der Waals surface area contributed by atoms with E-state index < -0.39 is 10.1 Å². The van der Waals surface area contributed by atoms with Crippen molar-refractivity contribution >= 4 is 106 Å². The van der Waals surface area contributed by atoms with Crippen LogP contribution in [0.25, 0.3) is 10.2 Å². The van der Waals surface area contributed by atoms with Gasteiger partial charge in [0.2, 0.25) is 11.9 Å². The molecule has 1 fully saturated rings. The topological polar surface area (TPSA) is 187 Å². The first-order valence-electron chi connectivity index (χ1n) is 17.8. The number of hydrogen-bond donors (Lipinski definition) is 4. The predicted octanol–water partition coefficient (Wildman–Crippen LogP) is 9.70. The number of anilines is 7. The summed E-state index contributed by atoms with van der Waals surface area (Å²) >= 11 is 3.69. The fraction of sp³-hybridized carbons (Fsp3) is 0.429. The Labute approximate surface area is 322 Å². The van der Waals surface area contributed by atoms with Crippen LogP contribution < -0.4 is 26.2 Å². The van der Waals surface area contributed by atoms with Gasteiger partial charge in [-0.25, -0.2) is 0 Å². The summed E-state index contributed by atoms with van der Waals surface area (Å²) in [5, 5.41) is 17.9. The lowest BCUT2D eigenvalue weighted by molar-refractivity contribution is 0.485. The van der Waals surface area contributed by atoms with E-state index >= 15 is 0 Å². The van der Waals surface area contributed by atoms with Crippen LogP contribution in [0.3, 0.4) is 0 Å². The number of benzene rings is 2. The van der Waals surface area contributed by atoms with Crippen molar-refractivity contribution in [3.8, 4) is 0 Å². The number of aromatic nitrogens is 4. The van der Waals surface area contributed by atoms with Gasteiger partial charge in [0.25, 0.3) is 0 Å². The molecule has 6 rings (SSSR count). The van der Waals surface area contributed by atoms with Gasteiger partial charge in [-0.1, -0.05) is 42.4 Å². The summed E-state index contributed by atoms with van der Waals surface area (Å²) in [6, 6.07) is 11.8. The number of hydrogen-bond acceptors (Lipinski definition) is 16. The average Bonchev–Trinajstić information content (AvgIpc) is 3.70. The van der Waals surface area contributed by atoms with Crippen molar-refractivity contribution in [1.29, 1.82) is 0 Å². The van der Waals surface area contributed by atoms with E-state index in [9.17, 15) is 13.0 Å². The SMILES string of the molecule is CCN(CC)c1ccc(N)c(Nc2nc(Nc3cc(N(CC)CC)ccc3N=Nc3snc4sc(S(=O)(=O)O)c(C)c34)nc(SC3CCCCC3)n2)c1. The second-order valence-corrected chi connectivity index (χ2v) is 17.2. The molecule has 1 saturated carbocycles. The number of nitrogens with two attached hydrogens (primary N) is 1. The third-order valence-electron chi connectivity index (χ3n) is 9.20. The van der Waals surface area contributed by atoms with Gasteiger partial charge in [-0.3, -0.25) is 4.55 Å². The average molecular weight is 796 g/mol. The first-order chi connectivity index (χ1) is 25.5. The minimum atomic E-state index is -4.40. The zero-order chi connectivity index (χ0) is 37.7. The Morgan fingerprint density at radius 2 is 1.49 bits per heavy atom. The van der Waals surface area contributed by atoms with Gasteiger partial charge in [-0.05, 0) is 101 Å². The molecule has 5 aromatic rings. The minimum absolute atomic E-state index is 0.145. The second kappa shape index (κ2) is 16.9. The molecular weight excluding hydrogens is 751 g/mol. The maximum Gasteiger partial charge on any atom is 0.304 e. The molecule has 3 heterocycles. The van der Waals surface area contributed by atoms with Crippen LogP contribution in [-0.2, 0) is 10.1 Å². The molecule has 282 valence electrons. The highest BCUT2D eigenvalue weighted by molar-refractivity contribution is 7.99. The molecule has 0 amide bonds. The first kappa shape index (κ1) is 38.6. The van der Waals surface area contributed by atoms with Crippen molar-refractivity contribution in [2.24, 2.45) is 10.2 Å². The summed E-state index contributed by atoms with van der Waals surface area (Å²) < 4.78 is 37.9. The molecule has 3 aromatic heterocycles. The van der Waals surface area contributed by atoms with E-state index in [1.54, 1.807) is 18.7 Å². The fourth-order valence-electron chi connectivity index (χ4n) is 6.37. The highest BCUT2D eigenvalue weighted by Crippen LogP contribution is 2.43. The summed E-state index contributed by atoms with van der Waals surface area (Å²) in [5.74, 6) is 0.695. The highest BCUT2D eigenvalue weighted by Gasteiger charge is 2.24. The molecule has 0 unspecified atom stereocenters. The number of nitrogen functional groups attached to an aromatic ring is 1. The molecule has 0 spiro atoms. The molecule has 0 bridgehead atoms. The van der Waals surface area contributed by atoms with Crippen molar-refractivity contribution in [3.05, 3.63) is 42.0 Å². The summed E-state index contributed by atoms with van der Waals surface area (Å²) in [6.07, 6.45) is 5.84. The molecule has 18 heteroatoms. The number of thioether (sulfide) groups is 1. The highest BCUT2D eigenvalue weighted by atomic mass is 32.3. The lowest BCUT2D eigenvalue weighted by Crippen LogP contribution is -2.21. The maximum atomic E-state index is 12.0. The Kier molecular flexibility index (Phi) is 12.3. The lowest BCUT2D eigenvalue weighted by Gasteiger charge is -2.23. The van der Waals surface area contributed by atoms with Crippen molar-refractivity contribution in [1.82, 2.24) is 19.3 Å². The fourth-order valence-corrected chi connectivity index (χ4v) is 10.4. The van der Waals surface area contributed by atoms with Crippen molar-refractivity contribution < 1.29 is 13.0 Å². The predicted molar refractivity (Wildman–Crippen MR) is 220 cm³/mol. The van der Waals surface area contributed by atoms with Gasteiger partial charge in [0.1, 0.15) is 10.5 Å². The number of aryl methyl sites for hydroxylation is 1. The largest absolute Gasteiger partial charge is 0.397 e. The Morgan fingerprint density at radius 3 is 2.11 bits per heavy atom. The maximum absolute atomic E-state index is 12.0. The van der Waals surface area contributed by atoms with Crippen LogP contribution in [0.15, 0.2) is 56.0 Å². The molecule has 0 atom stereocenters. The van der Waals surface area contributed by atoms with Crippen LogP contribution in [0.2, 0.25) is 0 Å². The van der Waals surface area contributed by atoms with E-state index in [1.807, 2.05) is 36.4 Å². The van der Waals surface area contributed by atoms with E-state index in [4.69, 9.17) is 20.7 Å². The Bertz CT molecular complexity index is 2190. The molecule has 0 radical (unpaired) electrons. The monoisotopic (exact) mass is 795 g/mol. The summed E-state index contributed by atoms with van der Waals surface area (Å²) in [6.45, 7) is 13.4. The Morgan fingerprint density at radius 1 is 0.887 bits per heavy atom. The first-order valence-corrected chi connectivity index (χ1v) is 21.7. The number of rotatable bonds is 15. The molecule has 0 aliphatic heterocycles. The van der Waals surface area contributed by atoms with Crippen LogP contribution in [0.5, 0.6) is 0 Å². The molecule has 2 aromatic carbocycles. The van der Waals surface area contributed by atoms with Gasteiger partial charge < -0.3 is 26.2 Å². The zero-order valence-corrected chi connectivity index (χ0v) is 33.7.